The number of benzene rings is 1. The molecule has 0 spiro atoms. The second kappa shape index (κ2) is 5.93. The first kappa shape index (κ1) is 15.6. The van der Waals surface area contributed by atoms with Gasteiger partial charge >= 0.3 is 0 Å². The van der Waals surface area contributed by atoms with Crippen LogP contribution in [0.25, 0.3) is 0 Å². The Balaban J connectivity index is 2.38. The molecular weight excluding hydrogens is 298 g/mol. The van der Waals surface area contributed by atoms with Crippen LogP contribution in [0.5, 0.6) is 0 Å². The van der Waals surface area contributed by atoms with E-state index in [1.807, 2.05) is 11.9 Å². The second-order valence-electron chi connectivity index (χ2n) is 4.79. The summed E-state index contributed by atoms with van der Waals surface area (Å²) in [5.41, 5.74) is 2.02. The summed E-state index contributed by atoms with van der Waals surface area (Å²) < 4.78 is 26.5. The van der Waals surface area contributed by atoms with Gasteiger partial charge in [0.1, 0.15) is 4.90 Å². The highest BCUT2D eigenvalue weighted by Crippen LogP contribution is 2.28. The van der Waals surface area contributed by atoms with Crippen LogP contribution < -0.4 is 11.3 Å². The molecule has 116 valence electrons. The number of non-ortho nitro benzene ring substituents is 1. The number of hydrogen-bond acceptors (Lipinski definition) is 7. The number of nitro benzene ring substituents is 1. The summed E-state index contributed by atoms with van der Waals surface area (Å²) in [4.78, 5) is 12.1. The largest absolute Gasteiger partial charge is 0.323 e. The van der Waals surface area contributed by atoms with Crippen LogP contribution in [0.3, 0.4) is 0 Å². The Bertz CT molecular complexity index is 640. The minimum Gasteiger partial charge on any atom is -0.323 e. The Morgan fingerprint density at radius 1 is 1.29 bits per heavy atom. The highest BCUT2D eigenvalue weighted by molar-refractivity contribution is 7.89. The number of anilines is 1. The monoisotopic (exact) mass is 315 g/mol. The van der Waals surface area contributed by atoms with Crippen LogP contribution in [-0.2, 0) is 10.0 Å². The zero-order chi connectivity index (χ0) is 15.6. The van der Waals surface area contributed by atoms with Crippen molar-refractivity contribution < 1.29 is 13.3 Å². The Morgan fingerprint density at radius 3 is 2.43 bits per heavy atom. The average Bonchev–Trinajstić information content (AvgIpc) is 2.46. The zero-order valence-electron chi connectivity index (χ0n) is 11.5. The topological polar surface area (TPSA) is 122 Å². The molecule has 1 aliphatic rings. The number of nitrogens with zero attached hydrogens (tertiary/aromatic N) is 3. The summed E-state index contributed by atoms with van der Waals surface area (Å²) in [7, 11) is -1.81. The van der Waals surface area contributed by atoms with E-state index in [0.29, 0.717) is 26.2 Å². The van der Waals surface area contributed by atoms with Crippen LogP contribution >= 0.6 is 0 Å². The summed E-state index contributed by atoms with van der Waals surface area (Å²) in [6.07, 6.45) is 0. The van der Waals surface area contributed by atoms with Crippen molar-refractivity contribution in [3.63, 3.8) is 0 Å². The SMILES string of the molecule is CN1CCN(S(=O)(=O)c2ccc([N+](=O)[O-])cc2NN)CC1. The molecule has 1 saturated heterocycles. The van der Waals surface area contributed by atoms with E-state index in [1.165, 1.54) is 10.4 Å². The first-order valence-electron chi connectivity index (χ1n) is 6.30. The second-order valence-corrected chi connectivity index (χ2v) is 6.70. The van der Waals surface area contributed by atoms with E-state index < -0.39 is 14.9 Å². The van der Waals surface area contributed by atoms with Crippen molar-refractivity contribution in [3.8, 4) is 0 Å². The lowest BCUT2D eigenvalue weighted by molar-refractivity contribution is -0.384. The fraction of sp³-hybridized carbons (Fsp3) is 0.455. The lowest BCUT2D eigenvalue weighted by atomic mass is 10.3. The molecule has 0 aromatic heterocycles. The molecule has 21 heavy (non-hydrogen) atoms. The molecule has 0 aliphatic carbocycles. The molecule has 9 nitrogen and oxygen atoms in total. The Kier molecular flexibility index (Phi) is 4.42. The first-order valence-corrected chi connectivity index (χ1v) is 7.74. The third-order valence-corrected chi connectivity index (χ3v) is 5.37. The Hall–Kier alpha value is -1.75. The number of piperazine rings is 1. The van der Waals surface area contributed by atoms with E-state index >= 15 is 0 Å². The third kappa shape index (κ3) is 3.13. The minimum atomic E-state index is -3.73. The quantitative estimate of drug-likeness (QED) is 0.449. The number of likely N-dealkylation sites (N-methyl/N-ethyl adjacent to an activating group) is 1. The van der Waals surface area contributed by atoms with E-state index in [2.05, 4.69) is 5.43 Å². The molecule has 0 unspecified atom stereocenters. The molecule has 3 N–H and O–H groups in total. The predicted molar refractivity (Wildman–Crippen MR) is 77.2 cm³/mol. The van der Waals surface area contributed by atoms with E-state index in [9.17, 15) is 18.5 Å². The standard InChI is InChI=1S/C11H17N5O4S/c1-14-4-6-15(7-5-14)21(19,20)11-3-2-9(16(17)18)8-10(11)13-12/h2-3,8,13H,4-7,12H2,1H3. The van der Waals surface area contributed by atoms with Gasteiger partial charge in [0.15, 0.2) is 0 Å². The van der Waals surface area contributed by atoms with Gasteiger partial charge in [0.05, 0.1) is 10.6 Å². The van der Waals surface area contributed by atoms with Gasteiger partial charge in [-0.1, -0.05) is 0 Å². The van der Waals surface area contributed by atoms with Crippen LogP contribution in [0, 0.1) is 10.1 Å². The number of sulfonamides is 1. The van der Waals surface area contributed by atoms with Crippen molar-refractivity contribution in [1.82, 2.24) is 9.21 Å². The lowest BCUT2D eigenvalue weighted by Crippen LogP contribution is -2.47. The minimum absolute atomic E-state index is 0.0168. The molecule has 1 heterocycles. The normalized spacial score (nSPS) is 17.6. The van der Waals surface area contributed by atoms with Gasteiger partial charge in [-0.2, -0.15) is 4.31 Å². The average molecular weight is 315 g/mol. The number of nitrogens with one attached hydrogen (secondary N) is 1. The molecule has 1 aromatic carbocycles. The molecule has 0 bridgehead atoms. The molecule has 0 saturated carbocycles. The maximum atomic E-state index is 12.6. The van der Waals surface area contributed by atoms with Gasteiger partial charge in [-0.05, 0) is 13.1 Å². The summed E-state index contributed by atoms with van der Waals surface area (Å²) in [5.74, 6) is 5.30. The van der Waals surface area contributed by atoms with E-state index in [4.69, 9.17) is 5.84 Å². The van der Waals surface area contributed by atoms with Crippen molar-refractivity contribution in [1.29, 1.82) is 0 Å². The van der Waals surface area contributed by atoms with Crippen molar-refractivity contribution in [2.24, 2.45) is 5.84 Å². The summed E-state index contributed by atoms with van der Waals surface area (Å²) in [6, 6.07) is 3.48. The molecule has 2 rings (SSSR count). The summed E-state index contributed by atoms with van der Waals surface area (Å²) in [5, 5.41) is 10.7. The van der Waals surface area contributed by atoms with E-state index in [0.717, 1.165) is 12.1 Å². The van der Waals surface area contributed by atoms with Crippen LogP contribution in [0.2, 0.25) is 0 Å². The van der Waals surface area contributed by atoms with Gasteiger partial charge in [-0.25, -0.2) is 8.42 Å². The fourth-order valence-corrected chi connectivity index (χ4v) is 3.69. The van der Waals surface area contributed by atoms with E-state index in [-0.39, 0.29) is 16.3 Å². The zero-order valence-corrected chi connectivity index (χ0v) is 12.3. The highest BCUT2D eigenvalue weighted by Gasteiger charge is 2.30. The van der Waals surface area contributed by atoms with Crippen molar-refractivity contribution in [3.05, 3.63) is 28.3 Å². The van der Waals surface area contributed by atoms with Crippen molar-refractivity contribution in [2.75, 3.05) is 38.7 Å². The Labute approximate surface area is 122 Å². The number of hydrazine groups is 1. The molecular formula is C11H17N5O4S. The molecule has 0 atom stereocenters. The smallest absolute Gasteiger partial charge is 0.271 e. The third-order valence-electron chi connectivity index (χ3n) is 3.41. The van der Waals surface area contributed by atoms with Gasteiger partial charge in [0, 0.05) is 38.3 Å². The number of rotatable bonds is 4. The highest BCUT2D eigenvalue weighted by atomic mass is 32.2. The Morgan fingerprint density at radius 2 is 1.90 bits per heavy atom. The van der Waals surface area contributed by atoms with Crippen LogP contribution in [0.1, 0.15) is 0 Å². The number of nitrogens with two attached hydrogens (primary N) is 1. The maximum Gasteiger partial charge on any atom is 0.271 e. The predicted octanol–water partition coefficient (Wildman–Crippen LogP) is -0.183. The fourth-order valence-electron chi connectivity index (χ4n) is 2.14. The van der Waals surface area contributed by atoms with Gasteiger partial charge in [0.2, 0.25) is 10.0 Å². The van der Waals surface area contributed by atoms with Gasteiger partial charge in [-0.15, -0.1) is 0 Å². The number of hydrogen-bond donors (Lipinski definition) is 2. The summed E-state index contributed by atoms with van der Waals surface area (Å²) in [6.45, 7) is 2.02. The maximum absolute atomic E-state index is 12.6. The molecule has 1 aliphatic heterocycles. The van der Waals surface area contributed by atoms with Crippen molar-refractivity contribution in [2.45, 2.75) is 4.90 Å². The van der Waals surface area contributed by atoms with Crippen molar-refractivity contribution >= 4 is 21.4 Å². The van der Waals surface area contributed by atoms with Crippen LogP contribution in [0.4, 0.5) is 11.4 Å². The summed E-state index contributed by atoms with van der Waals surface area (Å²) >= 11 is 0. The van der Waals surface area contributed by atoms with Crippen LogP contribution in [0.15, 0.2) is 23.1 Å². The van der Waals surface area contributed by atoms with Crippen LogP contribution in [-0.4, -0.2) is 55.8 Å². The molecule has 10 heteroatoms. The number of nitrogen functional groups attached to an aromatic ring is 1. The lowest BCUT2D eigenvalue weighted by Gasteiger charge is -2.31. The van der Waals surface area contributed by atoms with Gasteiger partial charge < -0.3 is 10.3 Å². The molecule has 1 fully saturated rings. The van der Waals surface area contributed by atoms with E-state index in [1.54, 1.807) is 0 Å². The van der Waals surface area contributed by atoms with Gasteiger partial charge in [0.25, 0.3) is 5.69 Å². The van der Waals surface area contributed by atoms with Gasteiger partial charge in [-0.3, -0.25) is 16.0 Å². The molecule has 0 amide bonds. The molecule has 0 radical (unpaired) electrons. The number of nitro groups is 1. The first-order chi connectivity index (χ1) is 9.86. The molecule has 1 aromatic rings.